The molecule has 3 heterocycles. The van der Waals surface area contributed by atoms with Crippen LogP contribution in [0.3, 0.4) is 0 Å². The SMILES string of the molecule is NS(=O)(=O)c1ccc(NC(=O)CCN2CCc3sccc3C2c2cccs2)cc1. The van der Waals surface area contributed by atoms with Crippen LogP contribution in [0.4, 0.5) is 5.69 Å². The number of nitrogens with two attached hydrogens (primary N) is 1. The molecule has 0 saturated heterocycles. The maximum absolute atomic E-state index is 12.4. The lowest BCUT2D eigenvalue weighted by Crippen LogP contribution is -2.37. The number of carbonyl (C=O) groups is 1. The maximum atomic E-state index is 12.4. The number of benzene rings is 1. The van der Waals surface area contributed by atoms with E-state index in [1.54, 1.807) is 34.8 Å². The molecule has 6 nitrogen and oxygen atoms in total. The zero-order valence-corrected chi connectivity index (χ0v) is 18.0. The molecule has 0 bridgehead atoms. The van der Waals surface area contributed by atoms with E-state index in [0.29, 0.717) is 18.7 Å². The molecule has 3 N–H and O–H groups in total. The van der Waals surface area contributed by atoms with Gasteiger partial charge in [0.05, 0.1) is 10.9 Å². The summed E-state index contributed by atoms with van der Waals surface area (Å²) >= 11 is 3.55. The van der Waals surface area contributed by atoms with Crippen LogP contribution in [0, 0.1) is 0 Å². The number of carbonyl (C=O) groups excluding carboxylic acids is 1. The third-order valence-corrected chi connectivity index (χ3v) is 7.82. The molecule has 1 amide bonds. The summed E-state index contributed by atoms with van der Waals surface area (Å²) in [7, 11) is -3.74. The van der Waals surface area contributed by atoms with E-state index in [1.165, 1.54) is 27.5 Å². The highest BCUT2D eigenvalue weighted by Gasteiger charge is 2.30. The van der Waals surface area contributed by atoms with Gasteiger partial charge in [0.2, 0.25) is 15.9 Å². The molecule has 1 aliphatic heterocycles. The van der Waals surface area contributed by atoms with Crippen LogP contribution in [0.5, 0.6) is 0 Å². The third kappa shape index (κ3) is 4.59. The summed E-state index contributed by atoms with van der Waals surface area (Å²) < 4.78 is 22.7. The van der Waals surface area contributed by atoms with Crippen molar-refractivity contribution < 1.29 is 13.2 Å². The second-order valence-electron chi connectivity index (χ2n) is 6.87. The van der Waals surface area contributed by atoms with Crippen molar-refractivity contribution in [3.05, 3.63) is 68.5 Å². The van der Waals surface area contributed by atoms with Crippen molar-refractivity contribution in [3.8, 4) is 0 Å². The van der Waals surface area contributed by atoms with Gasteiger partial charge in [0, 0.05) is 35.0 Å². The Kier molecular flexibility index (Phi) is 5.84. The Morgan fingerprint density at radius 1 is 1.14 bits per heavy atom. The van der Waals surface area contributed by atoms with E-state index in [-0.39, 0.29) is 16.8 Å². The Balaban J connectivity index is 1.41. The van der Waals surface area contributed by atoms with E-state index in [9.17, 15) is 13.2 Å². The minimum atomic E-state index is -3.74. The molecular weight excluding hydrogens is 426 g/mol. The number of primary sulfonamides is 1. The first-order chi connectivity index (χ1) is 13.9. The molecule has 1 unspecified atom stereocenters. The Hall–Kier alpha value is -2.04. The lowest BCUT2D eigenvalue weighted by molar-refractivity contribution is -0.116. The molecular formula is C20H21N3O3S3. The van der Waals surface area contributed by atoms with Crippen molar-refractivity contribution in [2.24, 2.45) is 5.14 Å². The summed E-state index contributed by atoms with van der Waals surface area (Å²) in [5.41, 5.74) is 1.90. The number of rotatable bonds is 6. The molecule has 29 heavy (non-hydrogen) atoms. The van der Waals surface area contributed by atoms with Crippen LogP contribution in [-0.4, -0.2) is 32.3 Å². The number of anilines is 1. The zero-order valence-electron chi connectivity index (χ0n) is 15.6. The number of hydrogen-bond donors (Lipinski definition) is 2. The van der Waals surface area contributed by atoms with Gasteiger partial charge in [-0.3, -0.25) is 9.69 Å². The van der Waals surface area contributed by atoms with Crippen LogP contribution < -0.4 is 10.5 Å². The molecule has 152 valence electrons. The van der Waals surface area contributed by atoms with Crippen LogP contribution in [0.25, 0.3) is 0 Å². The average Bonchev–Trinajstić information content (AvgIpc) is 3.37. The van der Waals surface area contributed by atoms with E-state index in [4.69, 9.17) is 5.14 Å². The molecule has 4 rings (SSSR count). The maximum Gasteiger partial charge on any atom is 0.238 e. The van der Waals surface area contributed by atoms with Crippen molar-refractivity contribution in [1.82, 2.24) is 4.90 Å². The topological polar surface area (TPSA) is 92.5 Å². The molecule has 9 heteroatoms. The van der Waals surface area contributed by atoms with Crippen LogP contribution in [0.2, 0.25) is 0 Å². The van der Waals surface area contributed by atoms with Crippen LogP contribution >= 0.6 is 22.7 Å². The number of hydrogen-bond acceptors (Lipinski definition) is 6. The number of amides is 1. The normalized spacial score (nSPS) is 17.1. The van der Waals surface area contributed by atoms with Crippen molar-refractivity contribution in [3.63, 3.8) is 0 Å². The average molecular weight is 448 g/mol. The Labute approximate surface area is 178 Å². The van der Waals surface area contributed by atoms with Gasteiger partial charge in [-0.15, -0.1) is 22.7 Å². The highest BCUT2D eigenvalue weighted by atomic mass is 32.2. The van der Waals surface area contributed by atoms with Gasteiger partial charge >= 0.3 is 0 Å². The van der Waals surface area contributed by atoms with Crippen LogP contribution in [-0.2, 0) is 21.2 Å². The third-order valence-electron chi connectivity index (χ3n) is 4.97. The number of nitrogens with one attached hydrogen (secondary N) is 1. The Morgan fingerprint density at radius 3 is 2.62 bits per heavy atom. The van der Waals surface area contributed by atoms with Gasteiger partial charge in [0.15, 0.2) is 0 Å². The second-order valence-corrected chi connectivity index (χ2v) is 10.4. The summed E-state index contributed by atoms with van der Waals surface area (Å²) in [4.78, 5) is 17.6. The molecule has 0 saturated carbocycles. The van der Waals surface area contributed by atoms with Gasteiger partial charge in [0.1, 0.15) is 0 Å². The fraction of sp³-hybridized carbons (Fsp3) is 0.250. The largest absolute Gasteiger partial charge is 0.326 e. The van der Waals surface area contributed by atoms with Gasteiger partial charge in [-0.25, -0.2) is 13.6 Å². The van der Waals surface area contributed by atoms with Gasteiger partial charge < -0.3 is 5.32 Å². The second kappa shape index (κ2) is 8.37. The molecule has 0 spiro atoms. The van der Waals surface area contributed by atoms with Crippen molar-refractivity contribution in [1.29, 1.82) is 0 Å². The molecule has 0 aliphatic carbocycles. The summed E-state index contributed by atoms with van der Waals surface area (Å²) in [6.45, 7) is 1.57. The fourth-order valence-electron chi connectivity index (χ4n) is 3.59. The zero-order chi connectivity index (χ0) is 20.4. The number of fused-ring (bicyclic) bond motifs is 1. The standard InChI is InChI=1S/C20H21N3O3S3/c21-29(25,26)15-5-3-14(4-6-15)22-19(24)8-11-23-10-7-17-16(9-13-28-17)20(23)18-2-1-12-27-18/h1-6,9,12-13,20H,7-8,10-11H2,(H,22,24)(H2,21,25,26). The van der Waals surface area contributed by atoms with E-state index in [2.05, 4.69) is 39.2 Å². The molecule has 1 aromatic carbocycles. The predicted octanol–water partition coefficient (Wildman–Crippen LogP) is 3.43. The highest BCUT2D eigenvalue weighted by Crippen LogP contribution is 2.39. The molecule has 1 aliphatic rings. The van der Waals surface area contributed by atoms with Gasteiger partial charge in [-0.1, -0.05) is 6.07 Å². The first-order valence-electron chi connectivity index (χ1n) is 9.18. The molecule has 3 aromatic rings. The van der Waals surface area contributed by atoms with E-state index >= 15 is 0 Å². The smallest absolute Gasteiger partial charge is 0.238 e. The number of sulfonamides is 1. The minimum Gasteiger partial charge on any atom is -0.326 e. The van der Waals surface area contributed by atoms with E-state index < -0.39 is 10.0 Å². The summed E-state index contributed by atoms with van der Waals surface area (Å²) in [5, 5.41) is 12.2. The first kappa shape index (κ1) is 20.2. The summed E-state index contributed by atoms with van der Waals surface area (Å²) in [6.07, 6.45) is 1.36. The minimum absolute atomic E-state index is 0.0224. The van der Waals surface area contributed by atoms with Crippen molar-refractivity contribution in [2.45, 2.75) is 23.8 Å². The van der Waals surface area contributed by atoms with E-state index in [0.717, 1.165) is 13.0 Å². The first-order valence-corrected chi connectivity index (χ1v) is 12.5. The number of nitrogens with zero attached hydrogens (tertiary/aromatic N) is 1. The predicted molar refractivity (Wildman–Crippen MR) is 117 cm³/mol. The fourth-order valence-corrected chi connectivity index (χ4v) is 5.88. The monoisotopic (exact) mass is 447 g/mol. The molecule has 0 radical (unpaired) electrons. The van der Waals surface area contributed by atoms with Crippen LogP contribution in [0.15, 0.2) is 58.1 Å². The quantitative estimate of drug-likeness (QED) is 0.605. The lowest BCUT2D eigenvalue weighted by atomic mass is 9.98. The van der Waals surface area contributed by atoms with Crippen LogP contribution in [0.1, 0.15) is 27.8 Å². The number of thiophene rings is 2. The van der Waals surface area contributed by atoms with Gasteiger partial charge in [0.25, 0.3) is 0 Å². The van der Waals surface area contributed by atoms with Crippen molar-refractivity contribution >= 4 is 44.3 Å². The molecule has 1 atom stereocenters. The summed E-state index contributed by atoms with van der Waals surface area (Å²) in [5.74, 6) is -0.102. The van der Waals surface area contributed by atoms with Crippen molar-refractivity contribution in [2.75, 3.05) is 18.4 Å². The molecule has 2 aromatic heterocycles. The van der Waals surface area contributed by atoms with E-state index in [1.807, 2.05) is 0 Å². The van der Waals surface area contributed by atoms with Gasteiger partial charge in [-0.05, 0) is 59.1 Å². The van der Waals surface area contributed by atoms with Gasteiger partial charge in [-0.2, -0.15) is 0 Å². The molecule has 0 fully saturated rings. The summed E-state index contributed by atoms with van der Waals surface area (Å²) in [6, 6.07) is 12.5. The lowest BCUT2D eigenvalue weighted by Gasteiger charge is -2.35. The Morgan fingerprint density at radius 2 is 1.93 bits per heavy atom. The highest BCUT2D eigenvalue weighted by molar-refractivity contribution is 7.89. The Bertz CT molecular complexity index is 1090.